The second-order valence-electron chi connectivity index (χ2n) is 5.16. The van der Waals surface area contributed by atoms with Gasteiger partial charge in [0.2, 0.25) is 0 Å². The zero-order valence-corrected chi connectivity index (χ0v) is 10.7. The summed E-state index contributed by atoms with van der Waals surface area (Å²) < 4.78 is 0. The van der Waals surface area contributed by atoms with Gasteiger partial charge in [-0.05, 0) is 23.1 Å². The molecule has 0 aliphatic carbocycles. The molecule has 88 valence electrons. The maximum absolute atomic E-state index is 11.5. The van der Waals surface area contributed by atoms with Crippen LogP contribution in [0.1, 0.15) is 26.3 Å². The first kappa shape index (κ1) is 12.6. The molecular weight excluding hydrogens is 200 g/mol. The molecule has 2 amide bonds. The van der Waals surface area contributed by atoms with Crippen LogP contribution in [0.2, 0.25) is 0 Å². The van der Waals surface area contributed by atoms with Gasteiger partial charge in [-0.1, -0.05) is 32.9 Å². The summed E-state index contributed by atoms with van der Waals surface area (Å²) in [6.07, 6.45) is 0. The van der Waals surface area contributed by atoms with E-state index in [1.54, 1.807) is 14.1 Å². The lowest BCUT2D eigenvalue weighted by molar-refractivity contribution is 0.230. The Bertz CT molecular complexity index is 378. The Morgan fingerprint density at radius 2 is 1.88 bits per heavy atom. The van der Waals surface area contributed by atoms with Gasteiger partial charge >= 0.3 is 6.03 Å². The van der Waals surface area contributed by atoms with Crippen molar-refractivity contribution in [1.82, 2.24) is 4.90 Å². The van der Waals surface area contributed by atoms with Gasteiger partial charge in [0.15, 0.2) is 0 Å². The van der Waals surface area contributed by atoms with E-state index < -0.39 is 0 Å². The summed E-state index contributed by atoms with van der Waals surface area (Å²) in [5.41, 5.74) is 2.15. The third-order valence-corrected chi connectivity index (χ3v) is 2.39. The van der Waals surface area contributed by atoms with E-state index in [1.165, 1.54) is 10.5 Å². The Balaban J connectivity index is 2.88. The minimum Gasteiger partial charge on any atom is -0.331 e. The molecule has 0 aliphatic rings. The van der Waals surface area contributed by atoms with E-state index in [0.29, 0.717) is 0 Å². The van der Waals surface area contributed by atoms with Crippen LogP contribution in [0.4, 0.5) is 10.5 Å². The number of hydrogen-bond donors (Lipinski definition) is 1. The van der Waals surface area contributed by atoms with Gasteiger partial charge in [0.25, 0.3) is 0 Å². The fourth-order valence-electron chi connectivity index (χ4n) is 1.30. The Morgan fingerprint density at radius 1 is 1.25 bits per heavy atom. The van der Waals surface area contributed by atoms with Crippen molar-refractivity contribution in [2.45, 2.75) is 26.2 Å². The van der Waals surface area contributed by atoms with Crippen LogP contribution >= 0.6 is 0 Å². The molecule has 0 spiro atoms. The molecule has 16 heavy (non-hydrogen) atoms. The Kier molecular flexibility index (Phi) is 3.58. The Labute approximate surface area is 97.5 Å². The van der Waals surface area contributed by atoms with E-state index in [2.05, 4.69) is 32.2 Å². The molecule has 0 unspecified atom stereocenters. The van der Waals surface area contributed by atoms with Gasteiger partial charge in [-0.2, -0.15) is 0 Å². The summed E-state index contributed by atoms with van der Waals surface area (Å²) in [5.74, 6) is 0. The molecule has 0 aliphatic heterocycles. The first-order valence-electron chi connectivity index (χ1n) is 5.39. The molecule has 0 fully saturated rings. The van der Waals surface area contributed by atoms with E-state index in [-0.39, 0.29) is 11.4 Å². The molecule has 1 rings (SSSR count). The summed E-state index contributed by atoms with van der Waals surface area (Å²) in [4.78, 5) is 13.0. The lowest BCUT2D eigenvalue weighted by Gasteiger charge is -2.20. The third kappa shape index (κ3) is 3.26. The maximum Gasteiger partial charge on any atom is 0.321 e. The quantitative estimate of drug-likeness (QED) is 0.775. The molecule has 1 N–H and O–H groups in total. The zero-order chi connectivity index (χ0) is 12.3. The van der Waals surface area contributed by atoms with Gasteiger partial charge in [-0.15, -0.1) is 0 Å². The minimum atomic E-state index is -0.106. The lowest BCUT2D eigenvalue weighted by atomic mass is 9.87. The van der Waals surface area contributed by atoms with E-state index >= 15 is 0 Å². The fourth-order valence-corrected chi connectivity index (χ4v) is 1.30. The van der Waals surface area contributed by atoms with E-state index in [4.69, 9.17) is 0 Å². The number of anilines is 1. The van der Waals surface area contributed by atoms with Gasteiger partial charge in [-0.3, -0.25) is 0 Å². The summed E-state index contributed by atoms with van der Waals surface area (Å²) in [5, 5.41) is 2.84. The van der Waals surface area contributed by atoms with Crippen molar-refractivity contribution in [3.05, 3.63) is 29.8 Å². The number of benzene rings is 1. The second-order valence-corrected chi connectivity index (χ2v) is 5.16. The van der Waals surface area contributed by atoms with Crippen molar-refractivity contribution in [2.75, 3.05) is 19.4 Å². The molecule has 0 heterocycles. The average molecular weight is 220 g/mol. The third-order valence-electron chi connectivity index (χ3n) is 2.39. The molecule has 0 bridgehead atoms. The van der Waals surface area contributed by atoms with Crippen LogP contribution in [0.5, 0.6) is 0 Å². The number of nitrogens with zero attached hydrogens (tertiary/aromatic N) is 1. The number of nitrogens with one attached hydrogen (secondary N) is 1. The monoisotopic (exact) mass is 220 g/mol. The van der Waals surface area contributed by atoms with Crippen molar-refractivity contribution in [2.24, 2.45) is 0 Å². The predicted molar refractivity (Wildman–Crippen MR) is 67.8 cm³/mol. The van der Waals surface area contributed by atoms with Gasteiger partial charge in [0.05, 0.1) is 0 Å². The number of hydrogen-bond acceptors (Lipinski definition) is 1. The normalized spacial score (nSPS) is 11.1. The highest BCUT2D eigenvalue weighted by Gasteiger charge is 2.14. The van der Waals surface area contributed by atoms with Crippen LogP contribution in [0.15, 0.2) is 24.3 Å². The SMILES string of the molecule is CN(C)C(=O)Nc1cccc(C(C)(C)C)c1. The molecule has 0 aromatic heterocycles. The highest BCUT2D eigenvalue weighted by atomic mass is 16.2. The Morgan fingerprint density at radius 3 is 2.38 bits per heavy atom. The molecule has 3 nitrogen and oxygen atoms in total. The van der Waals surface area contributed by atoms with Crippen molar-refractivity contribution in [1.29, 1.82) is 0 Å². The average Bonchev–Trinajstić information content (AvgIpc) is 2.16. The lowest BCUT2D eigenvalue weighted by Crippen LogP contribution is -2.27. The minimum absolute atomic E-state index is 0.0961. The fraction of sp³-hybridized carbons (Fsp3) is 0.462. The van der Waals surface area contributed by atoms with E-state index in [1.807, 2.05) is 18.2 Å². The molecule has 1 aromatic carbocycles. The van der Waals surface area contributed by atoms with E-state index in [0.717, 1.165) is 5.69 Å². The van der Waals surface area contributed by atoms with Crippen LogP contribution in [0.25, 0.3) is 0 Å². The largest absolute Gasteiger partial charge is 0.331 e. The molecule has 0 radical (unpaired) electrons. The summed E-state index contributed by atoms with van der Waals surface area (Å²) in [6.45, 7) is 6.46. The van der Waals surface area contributed by atoms with Crippen LogP contribution < -0.4 is 5.32 Å². The molecule has 0 atom stereocenters. The van der Waals surface area contributed by atoms with E-state index in [9.17, 15) is 4.79 Å². The van der Waals surface area contributed by atoms with Crippen molar-refractivity contribution < 1.29 is 4.79 Å². The van der Waals surface area contributed by atoms with Gasteiger partial charge in [0, 0.05) is 19.8 Å². The summed E-state index contributed by atoms with van der Waals surface area (Å²) in [7, 11) is 3.45. The maximum atomic E-state index is 11.5. The number of amides is 2. The molecule has 1 aromatic rings. The first-order valence-corrected chi connectivity index (χ1v) is 5.39. The van der Waals surface area contributed by atoms with Crippen LogP contribution in [-0.2, 0) is 5.41 Å². The number of rotatable bonds is 1. The van der Waals surface area contributed by atoms with Gasteiger partial charge in [-0.25, -0.2) is 4.79 Å². The van der Waals surface area contributed by atoms with Crippen LogP contribution in [0, 0.1) is 0 Å². The highest BCUT2D eigenvalue weighted by Crippen LogP contribution is 2.24. The summed E-state index contributed by atoms with van der Waals surface area (Å²) >= 11 is 0. The first-order chi connectivity index (χ1) is 7.30. The predicted octanol–water partition coefficient (Wildman–Crippen LogP) is 3.08. The van der Waals surface area contributed by atoms with Crippen molar-refractivity contribution in [3.63, 3.8) is 0 Å². The second kappa shape index (κ2) is 4.56. The van der Waals surface area contributed by atoms with Crippen LogP contribution in [-0.4, -0.2) is 25.0 Å². The smallest absolute Gasteiger partial charge is 0.321 e. The topological polar surface area (TPSA) is 32.3 Å². The van der Waals surface area contributed by atoms with Crippen molar-refractivity contribution >= 4 is 11.7 Å². The van der Waals surface area contributed by atoms with Crippen molar-refractivity contribution in [3.8, 4) is 0 Å². The molecular formula is C13H20N2O. The van der Waals surface area contributed by atoms with Gasteiger partial charge < -0.3 is 10.2 Å². The summed E-state index contributed by atoms with van der Waals surface area (Å²) in [6, 6.07) is 7.85. The zero-order valence-electron chi connectivity index (χ0n) is 10.7. The van der Waals surface area contributed by atoms with Crippen LogP contribution in [0.3, 0.4) is 0 Å². The number of carbonyl (C=O) groups is 1. The number of urea groups is 1. The molecule has 0 saturated carbocycles. The standard InChI is InChI=1S/C13H20N2O/c1-13(2,3)10-7-6-8-11(9-10)14-12(16)15(4)5/h6-9H,1-5H3,(H,14,16). The number of carbonyl (C=O) groups excluding carboxylic acids is 1. The van der Waals surface area contributed by atoms with Gasteiger partial charge in [0.1, 0.15) is 0 Å². The Hall–Kier alpha value is -1.51. The molecule has 3 heteroatoms. The highest BCUT2D eigenvalue weighted by molar-refractivity contribution is 5.89. The molecule has 0 saturated heterocycles.